The van der Waals surface area contributed by atoms with Gasteiger partial charge in [0.05, 0.1) is 15.6 Å². The molecule has 0 saturated heterocycles. The van der Waals surface area contributed by atoms with Crippen molar-refractivity contribution < 1.29 is 13.2 Å². The molecule has 1 N–H and O–H groups in total. The van der Waals surface area contributed by atoms with E-state index in [4.69, 9.17) is 0 Å². The summed E-state index contributed by atoms with van der Waals surface area (Å²) in [7, 11) is -3.72. The first-order chi connectivity index (χ1) is 14.9. The molecule has 162 valence electrons. The zero-order chi connectivity index (χ0) is 21.8. The molecule has 0 spiro atoms. The van der Waals surface area contributed by atoms with Gasteiger partial charge in [0.15, 0.2) is 0 Å². The van der Waals surface area contributed by atoms with Gasteiger partial charge < -0.3 is 5.32 Å². The molecule has 2 aromatic carbocycles. The van der Waals surface area contributed by atoms with Crippen LogP contribution in [0.2, 0.25) is 0 Å². The molecule has 1 aromatic heterocycles. The number of sulfonamides is 1. The van der Waals surface area contributed by atoms with E-state index < -0.39 is 10.0 Å². The molecular formula is C23H25N3O3S2. The molecule has 0 aliphatic carbocycles. The molecule has 1 amide bonds. The summed E-state index contributed by atoms with van der Waals surface area (Å²) in [5.41, 5.74) is 3.13. The number of unbranched alkanes of at least 4 members (excludes halogenated alkanes) is 1. The van der Waals surface area contributed by atoms with E-state index in [0.717, 1.165) is 35.5 Å². The van der Waals surface area contributed by atoms with E-state index in [1.54, 1.807) is 29.5 Å². The van der Waals surface area contributed by atoms with E-state index in [0.29, 0.717) is 30.8 Å². The van der Waals surface area contributed by atoms with Crippen LogP contribution in [0, 0.1) is 6.92 Å². The first kappa shape index (κ1) is 21.5. The van der Waals surface area contributed by atoms with Crippen LogP contribution in [0.1, 0.15) is 39.5 Å². The number of anilines is 1. The Balaban J connectivity index is 1.37. The Labute approximate surface area is 187 Å². The third-order valence-electron chi connectivity index (χ3n) is 5.30. The summed E-state index contributed by atoms with van der Waals surface area (Å²) in [6.07, 6.45) is 3.37. The number of nitrogens with zero attached hydrogens (tertiary/aromatic N) is 2. The summed E-state index contributed by atoms with van der Waals surface area (Å²) < 4.78 is 27.8. The number of carbonyl (C=O) groups is 1. The summed E-state index contributed by atoms with van der Waals surface area (Å²) in [6.45, 7) is 2.94. The topological polar surface area (TPSA) is 79.4 Å². The van der Waals surface area contributed by atoms with Gasteiger partial charge in [-0.05, 0) is 62.4 Å². The molecule has 31 heavy (non-hydrogen) atoms. The Bertz CT molecular complexity index is 1190. The number of rotatable bonds is 8. The zero-order valence-corrected chi connectivity index (χ0v) is 19.0. The summed E-state index contributed by atoms with van der Waals surface area (Å²) in [5.74, 6) is -0.260. The zero-order valence-electron chi connectivity index (χ0n) is 17.4. The van der Waals surface area contributed by atoms with Crippen LogP contribution in [0.15, 0.2) is 58.8 Å². The van der Waals surface area contributed by atoms with E-state index in [1.807, 2.05) is 36.6 Å². The molecule has 1 aliphatic heterocycles. The lowest BCUT2D eigenvalue weighted by Crippen LogP contribution is -2.29. The second kappa shape index (κ2) is 9.20. The van der Waals surface area contributed by atoms with Gasteiger partial charge in [0, 0.05) is 29.7 Å². The third kappa shape index (κ3) is 4.80. The van der Waals surface area contributed by atoms with Crippen LogP contribution in [0.25, 0.3) is 0 Å². The van der Waals surface area contributed by atoms with Crippen LogP contribution in [0.4, 0.5) is 5.69 Å². The molecule has 1 aliphatic rings. The number of hydrogen-bond acceptors (Lipinski definition) is 5. The maximum absolute atomic E-state index is 13.2. The minimum Gasteiger partial charge on any atom is -0.352 e. The average Bonchev–Trinajstić information content (AvgIpc) is 3.40. The summed E-state index contributed by atoms with van der Waals surface area (Å²) in [4.78, 5) is 17.1. The minimum absolute atomic E-state index is 0.135. The van der Waals surface area contributed by atoms with Gasteiger partial charge in [-0.3, -0.25) is 9.10 Å². The number of carbonyl (C=O) groups excluding carboxylic acids is 1. The van der Waals surface area contributed by atoms with E-state index in [2.05, 4.69) is 10.3 Å². The molecule has 0 unspecified atom stereocenters. The molecule has 3 aromatic rings. The second-order valence-electron chi connectivity index (χ2n) is 7.58. The van der Waals surface area contributed by atoms with Crippen LogP contribution < -0.4 is 9.62 Å². The number of aryl methyl sites for hydroxylation is 2. The van der Waals surface area contributed by atoms with Gasteiger partial charge in [-0.2, -0.15) is 0 Å². The van der Waals surface area contributed by atoms with Gasteiger partial charge >= 0.3 is 0 Å². The van der Waals surface area contributed by atoms with Crippen LogP contribution >= 0.6 is 11.3 Å². The van der Waals surface area contributed by atoms with E-state index in [-0.39, 0.29) is 10.8 Å². The van der Waals surface area contributed by atoms with Crippen molar-refractivity contribution in [1.82, 2.24) is 10.3 Å². The number of hydrogen-bond donors (Lipinski definition) is 1. The fourth-order valence-corrected chi connectivity index (χ4v) is 6.07. The predicted octanol–water partition coefficient (Wildman–Crippen LogP) is 3.96. The van der Waals surface area contributed by atoms with Gasteiger partial charge in [0.2, 0.25) is 0 Å². The van der Waals surface area contributed by atoms with Gasteiger partial charge in [-0.1, -0.05) is 24.3 Å². The number of benzene rings is 2. The molecular weight excluding hydrogens is 430 g/mol. The minimum atomic E-state index is -3.72. The number of nitrogens with one attached hydrogen (secondary N) is 1. The van der Waals surface area contributed by atoms with Crippen molar-refractivity contribution in [1.29, 1.82) is 0 Å². The Morgan fingerprint density at radius 1 is 1.16 bits per heavy atom. The number of thiazole rings is 1. The highest BCUT2D eigenvalue weighted by Crippen LogP contribution is 2.32. The fourth-order valence-electron chi connectivity index (χ4n) is 3.71. The highest BCUT2D eigenvalue weighted by atomic mass is 32.2. The SMILES string of the molecule is Cc1csc(CCCCNC(=O)c2cccc(S(=O)(=O)N3CCc4ccccc43)c2)n1. The van der Waals surface area contributed by atoms with Crippen molar-refractivity contribution in [2.75, 3.05) is 17.4 Å². The van der Waals surface area contributed by atoms with Crippen molar-refractivity contribution in [2.24, 2.45) is 0 Å². The van der Waals surface area contributed by atoms with Crippen LogP contribution in [-0.4, -0.2) is 32.4 Å². The number of fused-ring (bicyclic) bond motifs is 1. The Kier molecular flexibility index (Phi) is 6.38. The Morgan fingerprint density at radius 3 is 2.81 bits per heavy atom. The Morgan fingerprint density at radius 2 is 2.00 bits per heavy atom. The molecule has 4 rings (SSSR count). The van der Waals surface area contributed by atoms with Crippen molar-refractivity contribution in [2.45, 2.75) is 37.5 Å². The quantitative estimate of drug-likeness (QED) is 0.522. The maximum Gasteiger partial charge on any atom is 0.264 e. The van der Waals surface area contributed by atoms with Crippen molar-refractivity contribution in [3.05, 3.63) is 75.7 Å². The molecule has 0 fully saturated rings. The van der Waals surface area contributed by atoms with Crippen LogP contribution in [-0.2, 0) is 22.9 Å². The van der Waals surface area contributed by atoms with Crippen LogP contribution in [0.3, 0.4) is 0 Å². The highest BCUT2D eigenvalue weighted by Gasteiger charge is 2.30. The molecule has 0 atom stereocenters. The molecule has 0 bridgehead atoms. The molecule has 0 radical (unpaired) electrons. The Hall–Kier alpha value is -2.71. The number of amides is 1. The van der Waals surface area contributed by atoms with Gasteiger partial charge in [0.25, 0.3) is 15.9 Å². The van der Waals surface area contributed by atoms with Crippen molar-refractivity contribution in [3.8, 4) is 0 Å². The summed E-state index contributed by atoms with van der Waals surface area (Å²) >= 11 is 1.66. The lowest BCUT2D eigenvalue weighted by Gasteiger charge is -2.20. The smallest absolute Gasteiger partial charge is 0.264 e. The van der Waals surface area contributed by atoms with Crippen molar-refractivity contribution >= 4 is 33.0 Å². The summed E-state index contributed by atoms with van der Waals surface area (Å²) in [6, 6.07) is 13.8. The van der Waals surface area contributed by atoms with E-state index in [9.17, 15) is 13.2 Å². The highest BCUT2D eigenvalue weighted by molar-refractivity contribution is 7.92. The fraction of sp³-hybridized carbons (Fsp3) is 0.304. The molecule has 2 heterocycles. The lowest BCUT2D eigenvalue weighted by molar-refractivity contribution is 0.0953. The normalized spacial score (nSPS) is 13.3. The lowest BCUT2D eigenvalue weighted by atomic mass is 10.2. The van der Waals surface area contributed by atoms with Gasteiger partial charge in [-0.25, -0.2) is 13.4 Å². The summed E-state index contributed by atoms with van der Waals surface area (Å²) in [5, 5.41) is 6.05. The monoisotopic (exact) mass is 455 g/mol. The van der Waals surface area contributed by atoms with Gasteiger partial charge in [0.1, 0.15) is 0 Å². The maximum atomic E-state index is 13.2. The average molecular weight is 456 g/mol. The predicted molar refractivity (Wildman–Crippen MR) is 123 cm³/mol. The molecule has 8 heteroatoms. The number of aromatic nitrogens is 1. The number of para-hydroxylation sites is 1. The molecule has 0 saturated carbocycles. The first-order valence-corrected chi connectivity index (χ1v) is 12.7. The molecule has 6 nitrogen and oxygen atoms in total. The van der Waals surface area contributed by atoms with E-state index >= 15 is 0 Å². The van der Waals surface area contributed by atoms with Crippen LogP contribution in [0.5, 0.6) is 0 Å². The third-order valence-corrected chi connectivity index (χ3v) is 8.13. The van der Waals surface area contributed by atoms with Crippen molar-refractivity contribution in [3.63, 3.8) is 0 Å². The standard InChI is InChI=1S/C23H25N3O3S2/c1-17-16-30-22(25-17)11-4-5-13-24-23(27)19-8-6-9-20(15-19)31(28,29)26-14-12-18-7-2-3-10-21(18)26/h2-3,6-10,15-16H,4-5,11-14H2,1H3,(H,24,27). The second-order valence-corrected chi connectivity index (χ2v) is 10.4. The van der Waals surface area contributed by atoms with Gasteiger partial charge in [-0.15, -0.1) is 11.3 Å². The largest absolute Gasteiger partial charge is 0.352 e. The van der Waals surface area contributed by atoms with E-state index in [1.165, 1.54) is 10.4 Å². The first-order valence-electron chi connectivity index (χ1n) is 10.3.